The van der Waals surface area contributed by atoms with Crippen molar-refractivity contribution in [2.75, 3.05) is 52.5 Å². The van der Waals surface area contributed by atoms with Crippen molar-refractivity contribution in [1.82, 2.24) is 15.1 Å². The molecule has 0 aliphatic carbocycles. The highest BCUT2D eigenvalue weighted by molar-refractivity contribution is 5.80. The number of hydrogen-bond acceptors (Lipinski definition) is 3. The molecule has 2 atom stereocenters. The van der Waals surface area contributed by atoms with Gasteiger partial charge < -0.3 is 15.0 Å². The third-order valence-electron chi connectivity index (χ3n) is 6.23. The minimum atomic E-state index is 0.225. The van der Waals surface area contributed by atoms with Crippen molar-refractivity contribution in [2.24, 2.45) is 16.8 Å². The number of nitrogens with zero attached hydrogens (tertiary/aromatic N) is 3. The van der Waals surface area contributed by atoms with Crippen LogP contribution in [0.3, 0.4) is 0 Å². The van der Waals surface area contributed by atoms with Gasteiger partial charge in [0.2, 0.25) is 0 Å². The number of hydrogen-bond donors (Lipinski definition) is 1. The summed E-state index contributed by atoms with van der Waals surface area (Å²) < 4.78 is 5.68. The standard InChI is InChI=1S/C20H38N4O/c1-4-21-19(23-14-17(2)13-18(3)15-23)22-16-20(7-11-25-12-8-20)24-9-5-6-10-24/h17-18H,4-16H2,1-3H3,(H,21,22). The van der Waals surface area contributed by atoms with E-state index in [1.165, 1.54) is 32.4 Å². The quantitative estimate of drug-likeness (QED) is 0.625. The molecule has 1 N–H and O–H groups in total. The summed E-state index contributed by atoms with van der Waals surface area (Å²) in [5.41, 5.74) is 0.225. The van der Waals surface area contributed by atoms with E-state index in [2.05, 4.69) is 35.9 Å². The van der Waals surface area contributed by atoms with Crippen LogP contribution in [-0.2, 0) is 4.74 Å². The van der Waals surface area contributed by atoms with Crippen molar-refractivity contribution in [3.05, 3.63) is 0 Å². The van der Waals surface area contributed by atoms with Crippen LogP contribution >= 0.6 is 0 Å². The normalized spacial score (nSPS) is 31.3. The van der Waals surface area contributed by atoms with Crippen LogP contribution in [0.1, 0.15) is 52.9 Å². The molecule has 0 saturated carbocycles. The Bertz CT molecular complexity index is 431. The van der Waals surface area contributed by atoms with Gasteiger partial charge in [-0.3, -0.25) is 9.89 Å². The van der Waals surface area contributed by atoms with Gasteiger partial charge in [-0.1, -0.05) is 13.8 Å². The van der Waals surface area contributed by atoms with Crippen molar-refractivity contribution in [3.8, 4) is 0 Å². The summed E-state index contributed by atoms with van der Waals surface area (Å²) in [6.45, 7) is 15.3. The number of piperidine rings is 1. The lowest BCUT2D eigenvalue weighted by Gasteiger charge is -2.44. The van der Waals surface area contributed by atoms with E-state index >= 15 is 0 Å². The molecular weight excluding hydrogens is 312 g/mol. The lowest BCUT2D eigenvalue weighted by molar-refractivity contribution is -0.0140. The van der Waals surface area contributed by atoms with Gasteiger partial charge in [0.15, 0.2) is 5.96 Å². The molecule has 2 unspecified atom stereocenters. The van der Waals surface area contributed by atoms with E-state index in [0.29, 0.717) is 0 Å². The first-order chi connectivity index (χ1) is 12.1. The zero-order valence-electron chi connectivity index (χ0n) is 16.6. The van der Waals surface area contributed by atoms with Crippen molar-refractivity contribution >= 4 is 5.96 Å². The predicted octanol–water partition coefficient (Wildman–Crippen LogP) is 2.57. The average Bonchev–Trinajstić information content (AvgIpc) is 3.14. The Balaban J connectivity index is 1.73. The molecule has 3 aliphatic heterocycles. The van der Waals surface area contributed by atoms with Gasteiger partial charge in [-0.25, -0.2) is 0 Å². The maximum absolute atomic E-state index is 5.68. The van der Waals surface area contributed by atoms with E-state index in [-0.39, 0.29) is 5.54 Å². The number of aliphatic imine (C=N–C) groups is 1. The minimum Gasteiger partial charge on any atom is -0.381 e. The molecule has 3 aliphatic rings. The van der Waals surface area contributed by atoms with Crippen molar-refractivity contribution < 1.29 is 4.74 Å². The van der Waals surface area contributed by atoms with Crippen LogP contribution in [0, 0.1) is 11.8 Å². The largest absolute Gasteiger partial charge is 0.381 e. The molecule has 5 nitrogen and oxygen atoms in total. The first-order valence-corrected chi connectivity index (χ1v) is 10.5. The third kappa shape index (κ3) is 4.68. The Hall–Kier alpha value is -0.810. The number of ether oxygens (including phenoxy) is 1. The van der Waals surface area contributed by atoms with Gasteiger partial charge in [-0.2, -0.15) is 0 Å². The molecule has 0 spiro atoms. The second kappa shape index (κ2) is 8.72. The first-order valence-electron chi connectivity index (χ1n) is 10.5. The summed E-state index contributed by atoms with van der Waals surface area (Å²) in [5, 5.41) is 3.57. The Morgan fingerprint density at radius 2 is 1.76 bits per heavy atom. The van der Waals surface area contributed by atoms with E-state index in [1.807, 2.05) is 0 Å². The maximum atomic E-state index is 5.68. The highest BCUT2D eigenvalue weighted by atomic mass is 16.5. The van der Waals surface area contributed by atoms with E-state index in [9.17, 15) is 0 Å². The van der Waals surface area contributed by atoms with Crippen LogP contribution in [-0.4, -0.2) is 73.8 Å². The van der Waals surface area contributed by atoms with Crippen LogP contribution < -0.4 is 5.32 Å². The molecule has 0 bridgehead atoms. The highest BCUT2D eigenvalue weighted by Gasteiger charge is 2.39. The Morgan fingerprint density at radius 3 is 2.36 bits per heavy atom. The topological polar surface area (TPSA) is 40.1 Å². The zero-order chi connectivity index (χ0) is 17.7. The summed E-state index contributed by atoms with van der Waals surface area (Å²) in [6, 6.07) is 0. The third-order valence-corrected chi connectivity index (χ3v) is 6.23. The minimum absolute atomic E-state index is 0.225. The smallest absolute Gasteiger partial charge is 0.193 e. The van der Waals surface area contributed by atoms with E-state index in [4.69, 9.17) is 9.73 Å². The molecule has 3 fully saturated rings. The summed E-state index contributed by atoms with van der Waals surface area (Å²) in [7, 11) is 0. The van der Waals surface area contributed by atoms with E-state index < -0.39 is 0 Å². The number of guanidine groups is 1. The lowest BCUT2D eigenvalue weighted by atomic mass is 9.88. The molecule has 0 aromatic carbocycles. The summed E-state index contributed by atoms with van der Waals surface area (Å²) in [4.78, 5) is 10.4. The van der Waals surface area contributed by atoms with Gasteiger partial charge in [0.25, 0.3) is 0 Å². The first kappa shape index (κ1) is 19.0. The SMILES string of the molecule is CCNC(=NCC1(N2CCCC2)CCOCC1)N1CC(C)CC(C)C1. The van der Waals surface area contributed by atoms with Gasteiger partial charge >= 0.3 is 0 Å². The van der Waals surface area contributed by atoms with Crippen LogP contribution in [0.4, 0.5) is 0 Å². The second-order valence-electron chi connectivity index (χ2n) is 8.55. The molecule has 5 heteroatoms. The second-order valence-corrected chi connectivity index (χ2v) is 8.55. The molecule has 3 saturated heterocycles. The van der Waals surface area contributed by atoms with Crippen LogP contribution in [0.2, 0.25) is 0 Å². The number of rotatable bonds is 4. The van der Waals surface area contributed by atoms with Crippen LogP contribution in [0.15, 0.2) is 4.99 Å². The predicted molar refractivity (Wildman–Crippen MR) is 104 cm³/mol. The summed E-state index contributed by atoms with van der Waals surface area (Å²) >= 11 is 0. The summed E-state index contributed by atoms with van der Waals surface area (Å²) in [5.74, 6) is 2.64. The molecular formula is C20H38N4O. The van der Waals surface area contributed by atoms with Gasteiger partial charge in [0.1, 0.15) is 0 Å². The fraction of sp³-hybridized carbons (Fsp3) is 0.950. The Kier molecular flexibility index (Phi) is 6.61. The highest BCUT2D eigenvalue weighted by Crippen LogP contribution is 2.32. The lowest BCUT2D eigenvalue weighted by Crippen LogP contribution is -2.54. The molecule has 25 heavy (non-hydrogen) atoms. The van der Waals surface area contributed by atoms with E-state index in [1.54, 1.807) is 0 Å². The number of likely N-dealkylation sites (tertiary alicyclic amines) is 2. The van der Waals surface area contributed by atoms with Gasteiger partial charge in [-0.05, 0) is 64.0 Å². The summed E-state index contributed by atoms with van der Waals surface area (Å²) in [6.07, 6.45) is 6.28. The Morgan fingerprint density at radius 1 is 1.12 bits per heavy atom. The molecule has 0 aromatic heterocycles. The fourth-order valence-electron chi connectivity index (χ4n) is 5.00. The van der Waals surface area contributed by atoms with Gasteiger partial charge in [0.05, 0.1) is 6.54 Å². The van der Waals surface area contributed by atoms with E-state index in [0.717, 1.165) is 70.0 Å². The van der Waals surface area contributed by atoms with Crippen molar-refractivity contribution in [2.45, 2.75) is 58.4 Å². The van der Waals surface area contributed by atoms with Crippen LogP contribution in [0.25, 0.3) is 0 Å². The van der Waals surface area contributed by atoms with Gasteiger partial charge in [-0.15, -0.1) is 0 Å². The van der Waals surface area contributed by atoms with Crippen molar-refractivity contribution in [1.29, 1.82) is 0 Å². The van der Waals surface area contributed by atoms with Crippen molar-refractivity contribution in [3.63, 3.8) is 0 Å². The average molecular weight is 351 g/mol. The zero-order valence-corrected chi connectivity index (χ0v) is 16.6. The molecule has 144 valence electrons. The molecule has 0 amide bonds. The molecule has 0 aromatic rings. The monoisotopic (exact) mass is 350 g/mol. The van der Waals surface area contributed by atoms with Crippen LogP contribution in [0.5, 0.6) is 0 Å². The molecule has 3 heterocycles. The fourth-order valence-corrected chi connectivity index (χ4v) is 5.00. The molecule has 3 rings (SSSR count). The van der Waals surface area contributed by atoms with Gasteiger partial charge in [0, 0.05) is 38.4 Å². The Labute approximate surface area is 154 Å². The maximum Gasteiger partial charge on any atom is 0.193 e. The molecule has 0 radical (unpaired) electrons. The number of nitrogens with one attached hydrogen (secondary N) is 1.